The van der Waals surface area contributed by atoms with Crippen LogP contribution in [0.5, 0.6) is 0 Å². The number of pyridine rings is 1. The van der Waals surface area contributed by atoms with E-state index in [1.807, 2.05) is 0 Å². The summed E-state index contributed by atoms with van der Waals surface area (Å²) in [7, 11) is 0. The highest BCUT2D eigenvalue weighted by Crippen LogP contribution is 2.63. The maximum Gasteiger partial charge on any atom is 0.434 e. The fourth-order valence-electron chi connectivity index (χ4n) is 6.66. The first-order valence-electron chi connectivity index (χ1n) is 10.8. The lowest BCUT2D eigenvalue weighted by Gasteiger charge is -2.62. The van der Waals surface area contributed by atoms with Crippen molar-refractivity contribution in [3.05, 3.63) is 53.9 Å². The van der Waals surface area contributed by atoms with E-state index in [0.29, 0.717) is 36.6 Å². The third-order valence-corrected chi connectivity index (χ3v) is 7.22. The minimum atomic E-state index is -4.60. The van der Waals surface area contributed by atoms with E-state index in [4.69, 9.17) is 0 Å². The largest absolute Gasteiger partial charge is 0.434 e. The highest BCUT2D eigenvalue weighted by atomic mass is 19.4. The van der Waals surface area contributed by atoms with Crippen LogP contribution >= 0.6 is 0 Å². The minimum absolute atomic E-state index is 0.0163. The Morgan fingerprint density at radius 3 is 2.34 bits per heavy atom. The molecule has 0 spiro atoms. The van der Waals surface area contributed by atoms with Gasteiger partial charge < -0.3 is 5.32 Å². The first-order chi connectivity index (χ1) is 15.2. The molecule has 4 fully saturated rings. The molecule has 0 saturated heterocycles. The number of hydrogen-bond donors (Lipinski definition) is 1. The van der Waals surface area contributed by atoms with E-state index in [9.17, 15) is 22.8 Å². The van der Waals surface area contributed by atoms with Crippen molar-refractivity contribution < 1.29 is 22.8 Å². The Balaban J connectivity index is 1.34. The van der Waals surface area contributed by atoms with Gasteiger partial charge in [-0.25, -0.2) is 9.97 Å². The highest BCUT2D eigenvalue weighted by molar-refractivity contribution is 5.95. The van der Waals surface area contributed by atoms with Gasteiger partial charge in [0, 0.05) is 18.2 Å². The molecule has 4 saturated carbocycles. The SMILES string of the molecule is O=C(CC12CC3CC(C1)CC(NC(=O)c1cnc(C(F)(F)F)cn1)(C3)C2)c1ccccn1. The standard InChI is InChI=1S/C23H23F3N4O2/c24-23(25,26)19-12-28-17(11-29-19)20(32)30-22-8-14-5-15(9-22)7-21(6-14,13-22)10-18(31)16-3-1-2-4-27-16/h1-4,11-12,14-15H,5-10,13H2,(H,30,32). The van der Waals surface area contributed by atoms with E-state index in [-0.39, 0.29) is 16.9 Å². The summed E-state index contributed by atoms with van der Waals surface area (Å²) in [6.07, 6.45) is 4.21. The Labute approximate surface area is 183 Å². The van der Waals surface area contributed by atoms with Crippen LogP contribution < -0.4 is 5.32 Å². The van der Waals surface area contributed by atoms with Gasteiger partial charge in [0.1, 0.15) is 11.4 Å². The number of carbonyl (C=O) groups excluding carboxylic acids is 2. The van der Waals surface area contributed by atoms with Crippen LogP contribution in [0.4, 0.5) is 13.2 Å². The maximum atomic E-state index is 12.9. The zero-order valence-corrected chi connectivity index (χ0v) is 17.4. The highest BCUT2D eigenvalue weighted by Gasteiger charge is 2.58. The van der Waals surface area contributed by atoms with Crippen LogP contribution in [0.25, 0.3) is 0 Å². The average Bonchev–Trinajstić information content (AvgIpc) is 2.72. The van der Waals surface area contributed by atoms with E-state index in [1.165, 1.54) is 0 Å². The van der Waals surface area contributed by atoms with Gasteiger partial charge in [0.2, 0.25) is 0 Å². The van der Waals surface area contributed by atoms with E-state index in [2.05, 4.69) is 20.3 Å². The molecule has 6 rings (SSSR count). The molecule has 2 aromatic rings. The van der Waals surface area contributed by atoms with Crippen LogP contribution in [0.1, 0.15) is 71.6 Å². The van der Waals surface area contributed by atoms with E-state index >= 15 is 0 Å². The summed E-state index contributed by atoms with van der Waals surface area (Å²) in [6, 6.07) is 5.30. The lowest BCUT2D eigenvalue weighted by molar-refractivity contribution is -0.141. The number of alkyl halides is 3. The second-order valence-corrected chi connectivity index (χ2v) is 9.80. The first kappa shape index (κ1) is 21.0. The molecule has 2 heterocycles. The Morgan fingerprint density at radius 2 is 1.75 bits per heavy atom. The lowest BCUT2D eigenvalue weighted by Crippen LogP contribution is -2.63. The molecule has 2 atom stereocenters. The van der Waals surface area contributed by atoms with Crippen LogP contribution in [-0.4, -0.2) is 32.2 Å². The summed E-state index contributed by atoms with van der Waals surface area (Å²) < 4.78 is 38.2. The van der Waals surface area contributed by atoms with Gasteiger partial charge in [-0.15, -0.1) is 0 Å². The van der Waals surface area contributed by atoms with Gasteiger partial charge >= 0.3 is 6.18 Å². The van der Waals surface area contributed by atoms with Crippen LogP contribution in [0.3, 0.4) is 0 Å². The van der Waals surface area contributed by atoms with Crippen molar-refractivity contribution in [1.29, 1.82) is 0 Å². The topological polar surface area (TPSA) is 84.8 Å². The van der Waals surface area contributed by atoms with Gasteiger partial charge in [0.25, 0.3) is 5.91 Å². The number of hydrogen-bond acceptors (Lipinski definition) is 5. The van der Waals surface area contributed by atoms with Crippen LogP contribution in [0.2, 0.25) is 0 Å². The van der Waals surface area contributed by atoms with E-state index in [0.717, 1.165) is 38.3 Å². The third kappa shape index (κ3) is 3.89. The second-order valence-electron chi connectivity index (χ2n) is 9.80. The quantitative estimate of drug-likeness (QED) is 0.698. The van der Waals surface area contributed by atoms with E-state index in [1.54, 1.807) is 24.4 Å². The number of nitrogens with zero attached hydrogens (tertiary/aromatic N) is 3. The molecule has 168 valence electrons. The van der Waals surface area contributed by atoms with Crippen molar-refractivity contribution in [3.63, 3.8) is 0 Å². The van der Waals surface area contributed by atoms with Crippen molar-refractivity contribution >= 4 is 11.7 Å². The second kappa shape index (κ2) is 7.35. The zero-order valence-electron chi connectivity index (χ0n) is 17.4. The summed E-state index contributed by atoms with van der Waals surface area (Å²) in [4.78, 5) is 37.0. The van der Waals surface area contributed by atoms with Gasteiger partial charge in [-0.1, -0.05) is 6.07 Å². The number of carbonyl (C=O) groups is 2. The molecule has 0 radical (unpaired) electrons. The molecule has 0 aliphatic heterocycles. The minimum Gasteiger partial charge on any atom is -0.345 e. The van der Waals surface area contributed by atoms with Crippen molar-refractivity contribution in [1.82, 2.24) is 20.3 Å². The molecule has 1 amide bonds. The fourth-order valence-corrected chi connectivity index (χ4v) is 6.66. The van der Waals surface area contributed by atoms with Crippen LogP contribution in [0, 0.1) is 17.3 Å². The molecule has 9 heteroatoms. The number of aromatic nitrogens is 3. The number of rotatable bonds is 5. The van der Waals surface area contributed by atoms with Crippen molar-refractivity contribution in [2.24, 2.45) is 17.3 Å². The molecule has 4 aliphatic carbocycles. The maximum absolute atomic E-state index is 12.9. The van der Waals surface area contributed by atoms with Crippen molar-refractivity contribution in [3.8, 4) is 0 Å². The monoisotopic (exact) mass is 444 g/mol. The summed E-state index contributed by atoms with van der Waals surface area (Å²) in [6.45, 7) is 0. The molecule has 1 N–H and O–H groups in total. The summed E-state index contributed by atoms with van der Waals surface area (Å²) in [5.41, 5.74) is -1.45. The molecule has 0 aromatic carbocycles. The number of ketones is 1. The van der Waals surface area contributed by atoms with Gasteiger partial charge in [-0.3, -0.25) is 14.6 Å². The molecule has 4 aliphatic rings. The van der Waals surface area contributed by atoms with Crippen LogP contribution in [0.15, 0.2) is 36.8 Å². The third-order valence-electron chi connectivity index (χ3n) is 7.22. The Morgan fingerprint density at radius 1 is 1.00 bits per heavy atom. The van der Waals surface area contributed by atoms with Crippen molar-refractivity contribution in [2.75, 3.05) is 0 Å². The number of nitrogens with one attached hydrogen (secondary N) is 1. The van der Waals surface area contributed by atoms with Gasteiger partial charge in [0.15, 0.2) is 11.5 Å². The molecule has 6 nitrogen and oxygen atoms in total. The molecule has 2 unspecified atom stereocenters. The van der Waals surface area contributed by atoms with Crippen molar-refractivity contribution in [2.45, 2.75) is 56.7 Å². The summed E-state index contributed by atoms with van der Waals surface area (Å²) in [5, 5.41) is 3.09. The predicted octanol–water partition coefficient (Wildman–Crippen LogP) is 4.23. The van der Waals surface area contributed by atoms with Crippen LogP contribution in [-0.2, 0) is 6.18 Å². The molecule has 2 aromatic heterocycles. The summed E-state index contributed by atoms with van der Waals surface area (Å²) in [5.74, 6) is 0.348. The summed E-state index contributed by atoms with van der Waals surface area (Å²) >= 11 is 0. The Hall–Kier alpha value is -2.84. The lowest BCUT2D eigenvalue weighted by atomic mass is 9.46. The molecule has 4 bridgehead atoms. The Bertz CT molecular complexity index is 1030. The normalized spacial score (nSPS) is 30.8. The number of halogens is 3. The molecular formula is C23H23F3N4O2. The fraction of sp³-hybridized carbons (Fsp3) is 0.522. The first-order valence-corrected chi connectivity index (χ1v) is 10.8. The Kier molecular flexibility index (Phi) is 4.83. The smallest absolute Gasteiger partial charge is 0.345 e. The molecular weight excluding hydrogens is 421 g/mol. The number of Topliss-reactive ketones (excluding diaryl/α,β-unsaturated/α-hetero) is 1. The molecule has 32 heavy (non-hydrogen) atoms. The number of amides is 1. The van der Waals surface area contributed by atoms with Gasteiger partial charge in [-0.05, 0) is 67.9 Å². The predicted molar refractivity (Wildman–Crippen MR) is 108 cm³/mol. The zero-order chi connectivity index (χ0) is 22.6. The average molecular weight is 444 g/mol. The van der Waals surface area contributed by atoms with Gasteiger partial charge in [0.05, 0.1) is 12.4 Å². The van der Waals surface area contributed by atoms with E-state index < -0.39 is 23.3 Å². The van der Waals surface area contributed by atoms with Gasteiger partial charge in [-0.2, -0.15) is 13.2 Å².